The van der Waals surface area contributed by atoms with Crippen LogP contribution in [-0.4, -0.2) is 30.3 Å². The van der Waals surface area contributed by atoms with Gasteiger partial charge in [-0.2, -0.15) is 4.98 Å². The number of carbonyl (C=O) groups excluding carboxylic acids is 1. The summed E-state index contributed by atoms with van der Waals surface area (Å²) >= 11 is 6.14. The maximum Gasteiger partial charge on any atom is 0.260 e. The van der Waals surface area contributed by atoms with Crippen molar-refractivity contribution in [1.82, 2.24) is 10.1 Å². The van der Waals surface area contributed by atoms with Gasteiger partial charge in [-0.1, -0.05) is 41.0 Å². The smallest absolute Gasteiger partial charge is 0.260 e. The van der Waals surface area contributed by atoms with Crippen LogP contribution in [0.3, 0.4) is 0 Å². The van der Waals surface area contributed by atoms with Gasteiger partial charge in [0.15, 0.2) is 11.5 Å². The lowest BCUT2D eigenvalue weighted by Crippen LogP contribution is -2.13. The highest BCUT2D eigenvalue weighted by atomic mass is 35.5. The first-order chi connectivity index (χ1) is 15.1. The molecule has 0 bridgehead atoms. The number of nitrogens with one attached hydrogen (secondary N) is 1. The van der Waals surface area contributed by atoms with Crippen LogP contribution in [0.2, 0.25) is 5.02 Å². The predicted molar refractivity (Wildman–Crippen MR) is 118 cm³/mol. The number of hydrogen-bond acceptors (Lipinski definition) is 6. The molecule has 7 nitrogen and oxygen atoms in total. The van der Waals surface area contributed by atoms with E-state index in [1.807, 2.05) is 6.07 Å². The van der Waals surface area contributed by atoms with Crippen LogP contribution in [0.1, 0.15) is 10.4 Å². The minimum atomic E-state index is -0.335. The zero-order valence-corrected chi connectivity index (χ0v) is 17.5. The molecule has 4 rings (SSSR count). The minimum absolute atomic E-state index is 0.264. The molecular formula is C23H18ClN3O4. The van der Waals surface area contributed by atoms with Crippen molar-refractivity contribution in [2.24, 2.45) is 0 Å². The molecule has 156 valence electrons. The van der Waals surface area contributed by atoms with Gasteiger partial charge in [0, 0.05) is 5.56 Å². The lowest BCUT2D eigenvalue weighted by molar-refractivity contribution is 0.102. The van der Waals surface area contributed by atoms with Crippen LogP contribution in [0, 0.1) is 0 Å². The van der Waals surface area contributed by atoms with Crippen molar-refractivity contribution in [3.05, 3.63) is 77.3 Å². The average molecular weight is 436 g/mol. The van der Waals surface area contributed by atoms with E-state index >= 15 is 0 Å². The average Bonchev–Trinajstić information content (AvgIpc) is 3.29. The summed E-state index contributed by atoms with van der Waals surface area (Å²) in [6, 6.07) is 19.3. The van der Waals surface area contributed by atoms with Crippen molar-refractivity contribution < 1.29 is 18.8 Å². The molecule has 8 heteroatoms. The molecule has 0 spiro atoms. The monoisotopic (exact) mass is 435 g/mol. The fourth-order valence-electron chi connectivity index (χ4n) is 3.04. The van der Waals surface area contributed by atoms with E-state index < -0.39 is 0 Å². The van der Waals surface area contributed by atoms with Gasteiger partial charge in [0.2, 0.25) is 5.82 Å². The van der Waals surface area contributed by atoms with Gasteiger partial charge >= 0.3 is 0 Å². The molecule has 0 unspecified atom stereocenters. The number of amides is 1. The zero-order chi connectivity index (χ0) is 21.8. The van der Waals surface area contributed by atoms with E-state index in [1.54, 1.807) is 74.9 Å². The highest BCUT2D eigenvalue weighted by Gasteiger charge is 2.18. The number of carbonyl (C=O) groups is 1. The fraction of sp³-hybridized carbons (Fsp3) is 0.0870. The number of anilines is 1. The van der Waals surface area contributed by atoms with Gasteiger partial charge in [-0.05, 0) is 42.5 Å². The Labute approximate surface area is 183 Å². The Morgan fingerprint density at radius 1 is 0.968 bits per heavy atom. The lowest BCUT2D eigenvalue weighted by atomic mass is 10.1. The summed E-state index contributed by atoms with van der Waals surface area (Å²) in [4.78, 5) is 17.2. The molecule has 31 heavy (non-hydrogen) atoms. The first-order valence-corrected chi connectivity index (χ1v) is 9.70. The standard InChI is InChI=1S/C23H18ClN3O4/c1-29-19-12-11-14(13-20(19)30-2)21-26-23(31-27-21)16-8-4-6-10-18(16)25-22(28)15-7-3-5-9-17(15)24/h3-13H,1-2H3,(H,25,28). The topological polar surface area (TPSA) is 86.5 Å². The van der Waals surface area contributed by atoms with Gasteiger partial charge < -0.3 is 19.3 Å². The molecule has 1 amide bonds. The predicted octanol–water partition coefficient (Wildman–Crippen LogP) is 5.33. The molecule has 1 heterocycles. The fourth-order valence-corrected chi connectivity index (χ4v) is 3.26. The van der Waals surface area contributed by atoms with Crippen LogP contribution in [0.5, 0.6) is 11.5 Å². The van der Waals surface area contributed by atoms with Crippen molar-refractivity contribution in [2.45, 2.75) is 0 Å². The molecule has 0 saturated heterocycles. The van der Waals surface area contributed by atoms with E-state index in [-0.39, 0.29) is 11.8 Å². The third kappa shape index (κ3) is 4.22. The van der Waals surface area contributed by atoms with E-state index in [0.29, 0.717) is 44.7 Å². The van der Waals surface area contributed by atoms with Gasteiger partial charge in [0.05, 0.1) is 36.1 Å². The van der Waals surface area contributed by atoms with Gasteiger partial charge in [-0.15, -0.1) is 0 Å². The summed E-state index contributed by atoms with van der Waals surface area (Å²) in [6.07, 6.45) is 0. The number of methoxy groups -OCH3 is 2. The second-order valence-corrected chi connectivity index (χ2v) is 6.88. The van der Waals surface area contributed by atoms with E-state index in [4.69, 9.17) is 25.6 Å². The molecule has 0 saturated carbocycles. The number of nitrogens with zero attached hydrogens (tertiary/aromatic N) is 2. The van der Waals surface area contributed by atoms with Crippen molar-refractivity contribution in [2.75, 3.05) is 19.5 Å². The van der Waals surface area contributed by atoms with Gasteiger partial charge in [-0.3, -0.25) is 4.79 Å². The van der Waals surface area contributed by atoms with Crippen LogP contribution < -0.4 is 14.8 Å². The van der Waals surface area contributed by atoms with Crippen molar-refractivity contribution in [1.29, 1.82) is 0 Å². The summed E-state index contributed by atoms with van der Waals surface area (Å²) in [5, 5.41) is 7.30. The third-order valence-electron chi connectivity index (χ3n) is 4.59. The maximum absolute atomic E-state index is 12.7. The van der Waals surface area contributed by atoms with Gasteiger partial charge in [0.1, 0.15) is 0 Å². The van der Waals surface area contributed by atoms with Crippen molar-refractivity contribution >= 4 is 23.2 Å². The van der Waals surface area contributed by atoms with Crippen LogP contribution >= 0.6 is 11.6 Å². The molecule has 0 aliphatic heterocycles. The Hall–Kier alpha value is -3.84. The lowest BCUT2D eigenvalue weighted by Gasteiger charge is -2.09. The normalized spacial score (nSPS) is 10.5. The molecule has 0 radical (unpaired) electrons. The highest BCUT2D eigenvalue weighted by Crippen LogP contribution is 2.33. The Bertz CT molecular complexity index is 1240. The van der Waals surface area contributed by atoms with Crippen LogP contribution in [0.4, 0.5) is 5.69 Å². The van der Waals surface area contributed by atoms with Crippen LogP contribution in [0.25, 0.3) is 22.8 Å². The van der Waals surface area contributed by atoms with Crippen molar-refractivity contribution in [3.8, 4) is 34.3 Å². The number of rotatable bonds is 6. The van der Waals surface area contributed by atoms with Crippen LogP contribution in [-0.2, 0) is 0 Å². The van der Waals surface area contributed by atoms with E-state index in [1.165, 1.54) is 0 Å². The maximum atomic E-state index is 12.7. The number of halogens is 1. The molecular weight excluding hydrogens is 418 g/mol. The summed E-state index contributed by atoms with van der Waals surface area (Å²) in [5.74, 6) is 1.46. The number of ether oxygens (including phenoxy) is 2. The Kier molecular flexibility index (Phi) is 5.86. The van der Waals surface area contributed by atoms with E-state index in [2.05, 4.69) is 15.5 Å². The molecule has 0 fully saturated rings. The molecule has 1 aromatic heterocycles. The number of benzene rings is 3. The highest BCUT2D eigenvalue weighted by molar-refractivity contribution is 6.34. The number of hydrogen-bond donors (Lipinski definition) is 1. The third-order valence-corrected chi connectivity index (χ3v) is 4.92. The minimum Gasteiger partial charge on any atom is -0.493 e. The van der Waals surface area contributed by atoms with Crippen molar-refractivity contribution in [3.63, 3.8) is 0 Å². The largest absolute Gasteiger partial charge is 0.493 e. The number of para-hydroxylation sites is 1. The Morgan fingerprint density at radius 2 is 1.71 bits per heavy atom. The Morgan fingerprint density at radius 3 is 2.48 bits per heavy atom. The molecule has 1 N–H and O–H groups in total. The molecule has 0 aliphatic rings. The molecule has 4 aromatic rings. The van der Waals surface area contributed by atoms with E-state index in [9.17, 15) is 4.79 Å². The number of aromatic nitrogens is 2. The second-order valence-electron chi connectivity index (χ2n) is 6.47. The van der Waals surface area contributed by atoms with E-state index in [0.717, 1.165) is 0 Å². The van der Waals surface area contributed by atoms with Gasteiger partial charge in [-0.25, -0.2) is 0 Å². The Balaban J connectivity index is 1.64. The van der Waals surface area contributed by atoms with Gasteiger partial charge in [0.25, 0.3) is 11.8 Å². The SMILES string of the molecule is COc1ccc(-c2noc(-c3ccccc3NC(=O)c3ccccc3Cl)n2)cc1OC. The summed E-state index contributed by atoms with van der Waals surface area (Å²) in [5.41, 5.74) is 2.18. The molecule has 0 atom stereocenters. The van der Waals surface area contributed by atoms with Crippen LogP contribution in [0.15, 0.2) is 71.3 Å². The first kappa shape index (κ1) is 20.4. The molecule has 0 aliphatic carbocycles. The quantitative estimate of drug-likeness (QED) is 0.440. The summed E-state index contributed by atoms with van der Waals surface area (Å²) in [7, 11) is 3.12. The summed E-state index contributed by atoms with van der Waals surface area (Å²) in [6.45, 7) is 0. The zero-order valence-electron chi connectivity index (χ0n) is 16.8. The molecule has 3 aromatic carbocycles. The first-order valence-electron chi connectivity index (χ1n) is 9.32. The second kappa shape index (κ2) is 8.89. The summed E-state index contributed by atoms with van der Waals surface area (Å²) < 4.78 is 16.1.